The summed E-state index contributed by atoms with van der Waals surface area (Å²) in [6, 6.07) is 3.92. The molecule has 1 saturated carbocycles. The van der Waals surface area contributed by atoms with Gasteiger partial charge in [-0.25, -0.2) is 4.98 Å². The number of likely N-dealkylation sites (N-methyl/N-ethyl adjacent to an activating group) is 1. The lowest BCUT2D eigenvalue weighted by Crippen LogP contribution is -2.62. The monoisotopic (exact) mass is 827 g/mol. The van der Waals surface area contributed by atoms with E-state index in [1.54, 1.807) is 18.9 Å². The maximum Gasteiger partial charge on any atom is 0.290 e. The SMILES string of the molecule is CCCC(NC(=O)[C@@H]1CC2(CN1C(=O)[C@@H](NC(=O)[C@@H](NC(=O)c1cnccn1)C1CCCCC1)C(C)(C)C)N(C)C(=O)C1CCCN12)C(=O)C(=O)N[C@@H](C)c1ccccc1. The number of likely N-dealkylation sites (tertiary alicyclic amines) is 1. The van der Waals surface area contributed by atoms with Crippen molar-refractivity contribution >= 4 is 41.2 Å². The normalized spacial score (nSPS) is 24.0. The van der Waals surface area contributed by atoms with Gasteiger partial charge in [0, 0.05) is 32.4 Å². The summed E-state index contributed by atoms with van der Waals surface area (Å²) in [5.41, 5.74) is -1.01. The van der Waals surface area contributed by atoms with E-state index in [0.29, 0.717) is 32.2 Å². The van der Waals surface area contributed by atoms with Crippen molar-refractivity contribution in [2.45, 2.75) is 141 Å². The second kappa shape index (κ2) is 18.6. The number of fused-ring (bicyclic) bond motifs is 2. The highest BCUT2D eigenvalue weighted by Crippen LogP contribution is 2.45. The number of carbonyl (C=O) groups is 7. The molecule has 0 radical (unpaired) electrons. The van der Waals surface area contributed by atoms with Crippen LogP contribution in [0.3, 0.4) is 0 Å². The maximum absolute atomic E-state index is 15.2. The topological polar surface area (TPSA) is 203 Å². The Labute approximate surface area is 352 Å². The van der Waals surface area contributed by atoms with E-state index in [4.69, 9.17) is 0 Å². The summed E-state index contributed by atoms with van der Waals surface area (Å²) >= 11 is 0. The largest absolute Gasteiger partial charge is 0.344 e. The molecule has 6 amide bonds. The Bertz CT molecular complexity index is 1920. The number of nitrogens with zero attached hydrogens (tertiary/aromatic N) is 5. The third-order valence-electron chi connectivity index (χ3n) is 12.9. The summed E-state index contributed by atoms with van der Waals surface area (Å²) < 4.78 is 0. The number of Topliss-reactive ketones (excluding diaryl/α,β-unsaturated/α-hetero) is 1. The van der Waals surface area contributed by atoms with Gasteiger partial charge in [-0.3, -0.25) is 43.4 Å². The highest BCUT2D eigenvalue weighted by molar-refractivity contribution is 6.38. The fourth-order valence-corrected chi connectivity index (χ4v) is 9.55. The molecule has 1 aromatic heterocycles. The van der Waals surface area contributed by atoms with Crippen LogP contribution in [0.1, 0.15) is 121 Å². The zero-order valence-electron chi connectivity index (χ0n) is 35.7. The first kappa shape index (κ1) is 44.3. The van der Waals surface area contributed by atoms with E-state index in [2.05, 4.69) is 36.1 Å². The average Bonchev–Trinajstić information content (AvgIpc) is 3.95. The summed E-state index contributed by atoms with van der Waals surface area (Å²) in [6.45, 7) is 9.65. The van der Waals surface area contributed by atoms with Gasteiger partial charge < -0.3 is 31.1 Å². The van der Waals surface area contributed by atoms with E-state index < -0.39 is 76.6 Å². The first-order valence-corrected chi connectivity index (χ1v) is 21.5. The quantitative estimate of drug-likeness (QED) is 0.205. The molecular weight excluding hydrogens is 767 g/mol. The molecule has 4 heterocycles. The first-order chi connectivity index (χ1) is 28.6. The van der Waals surface area contributed by atoms with Crippen LogP contribution in [-0.2, 0) is 28.8 Å². The molecule has 16 heteroatoms. The van der Waals surface area contributed by atoms with Crippen LogP contribution in [0, 0.1) is 11.3 Å². The number of ketones is 1. The molecule has 6 rings (SSSR count). The zero-order valence-corrected chi connectivity index (χ0v) is 35.7. The maximum atomic E-state index is 15.2. The van der Waals surface area contributed by atoms with Crippen molar-refractivity contribution in [1.82, 2.24) is 45.9 Å². The molecule has 60 heavy (non-hydrogen) atoms. The molecule has 4 aliphatic rings. The van der Waals surface area contributed by atoms with Gasteiger partial charge in [-0.05, 0) is 55.9 Å². The van der Waals surface area contributed by atoms with Crippen LogP contribution in [0.15, 0.2) is 48.9 Å². The number of amides is 6. The number of hydrogen-bond donors (Lipinski definition) is 4. The molecule has 3 saturated heterocycles. The molecule has 1 spiro atoms. The molecule has 324 valence electrons. The Kier molecular flexibility index (Phi) is 13.7. The molecule has 3 unspecified atom stereocenters. The first-order valence-electron chi connectivity index (χ1n) is 21.5. The Morgan fingerprint density at radius 3 is 2.28 bits per heavy atom. The van der Waals surface area contributed by atoms with Crippen molar-refractivity contribution < 1.29 is 33.6 Å². The lowest BCUT2D eigenvalue weighted by atomic mass is 9.82. The van der Waals surface area contributed by atoms with Gasteiger partial charge in [-0.15, -0.1) is 0 Å². The predicted octanol–water partition coefficient (Wildman–Crippen LogP) is 2.65. The predicted molar refractivity (Wildman–Crippen MR) is 221 cm³/mol. The Balaban J connectivity index is 1.28. The molecule has 1 aliphatic carbocycles. The second-order valence-corrected chi connectivity index (χ2v) is 18.0. The lowest BCUT2D eigenvalue weighted by Gasteiger charge is -2.39. The van der Waals surface area contributed by atoms with Crippen molar-refractivity contribution in [1.29, 1.82) is 0 Å². The molecule has 1 aromatic carbocycles. The van der Waals surface area contributed by atoms with E-state index in [1.807, 2.05) is 58.0 Å². The molecular formula is C44H61N9O7. The minimum atomic E-state index is -1.17. The van der Waals surface area contributed by atoms with Crippen LogP contribution in [-0.4, -0.2) is 122 Å². The zero-order chi connectivity index (χ0) is 43.4. The van der Waals surface area contributed by atoms with Gasteiger partial charge in [0.15, 0.2) is 0 Å². The van der Waals surface area contributed by atoms with Gasteiger partial charge in [0.25, 0.3) is 11.8 Å². The smallest absolute Gasteiger partial charge is 0.290 e. The van der Waals surface area contributed by atoms with Crippen molar-refractivity contribution in [2.75, 3.05) is 20.1 Å². The molecule has 0 bridgehead atoms. The fourth-order valence-electron chi connectivity index (χ4n) is 9.55. The highest BCUT2D eigenvalue weighted by Gasteiger charge is 2.64. The lowest BCUT2D eigenvalue weighted by molar-refractivity contribution is -0.145. The summed E-state index contributed by atoms with van der Waals surface area (Å²) in [4.78, 5) is 112. The minimum Gasteiger partial charge on any atom is -0.344 e. The van der Waals surface area contributed by atoms with Crippen LogP contribution >= 0.6 is 0 Å². The van der Waals surface area contributed by atoms with Crippen molar-refractivity contribution in [3.05, 3.63) is 60.2 Å². The van der Waals surface area contributed by atoms with Crippen LogP contribution < -0.4 is 21.3 Å². The third-order valence-corrected chi connectivity index (χ3v) is 12.9. The van der Waals surface area contributed by atoms with Crippen molar-refractivity contribution in [3.63, 3.8) is 0 Å². The van der Waals surface area contributed by atoms with Crippen LogP contribution in [0.25, 0.3) is 0 Å². The van der Waals surface area contributed by atoms with E-state index in [1.165, 1.54) is 23.5 Å². The Morgan fingerprint density at radius 2 is 1.63 bits per heavy atom. The van der Waals surface area contributed by atoms with Crippen molar-refractivity contribution in [3.8, 4) is 0 Å². The van der Waals surface area contributed by atoms with E-state index in [-0.39, 0.29) is 42.9 Å². The van der Waals surface area contributed by atoms with Crippen LogP contribution in [0.4, 0.5) is 0 Å². The number of rotatable bonds is 14. The molecule has 3 aliphatic heterocycles. The Morgan fingerprint density at radius 1 is 0.917 bits per heavy atom. The number of nitrogens with one attached hydrogen (secondary N) is 4. The van der Waals surface area contributed by atoms with Gasteiger partial charge in [-0.2, -0.15) is 0 Å². The molecule has 16 nitrogen and oxygen atoms in total. The molecule has 4 fully saturated rings. The summed E-state index contributed by atoms with van der Waals surface area (Å²) in [7, 11) is 1.70. The highest BCUT2D eigenvalue weighted by atomic mass is 16.2. The minimum absolute atomic E-state index is 0.0119. The summed E-state index contributed by atoms with van der Waals surface area (Å²) in [5.74, 6) is -4.16. The molecule has 2 aromatic rings. The fraction of sp³-hybridized carbons (Fsp3) is 0.614. The second-order valence-electron chi connectivity index (χ2n) is 18.0. The van der Waals surface area contributed by atoms with Crippen LogP contribution in [0.2, 0.25) is 0 Å². The summed E-state index contributed by atoms with van der Waals surface area (Å²) in [5, 5.41) is 11.5. The average molecular weight is 828 g/mol. The van der Waals surface area contributed by atoms with Gasteiger partial charge in [0.1, 0.15) is 29.5 Å². The van der Waals surface area contributed by atoms with Gasteiger partial charge in [0.2, 0.25) is 29.4 Å². The number of hydrogen-bond acceptors (Lipinski definition) is 10. The third kappa shape index (κ3) is 9.22. The van der Waals surface area contributed by atoms with Gasteiger partial charge in [0.05, 0.1) is 30.9 Å². The van der Waals surface area contributed by atoms with Gasteiger partial charge >= 0.3 is 0 Å². The summed E-state index contributed by atoms with van der Waals surface area (Å²) in [6.07, 6.45) is 10.6. The number of carbonyl (C=O) groups excluding carboxylic acids is 7. The van der Waals surface area contributed by atoms with E-state index >= 15 is 4.79 Å². The van der Waals surface area contributed by atoms with Gasteiger partial charge in [-0.1, -0.05) is 83.7 Å². The molecule has 4 N–H and O–H groups in total. The number of aromatic nitrogens is 2. The van der Waals surface area contributed by atoms with E-state index in [0.717, 1.165) is 31.2 Å². The number of benzene rings is 1. The van der Waals surface area contributed by atoms with E-state index in [9.17, 15) is 28.8 Å². The van der Waals surface area contributed by atoms with Crippen molar-refractivity contribution in [2.24, 2.45) is 11.3 Å². The molecule has 7 atom stereocenters. The van der Waals surface area contributed by atoms with Crippen LogP contribution in [0.5, 0.6) is 0 Å². The standard InChI is InChI=1S/C44H61N9O7/c1-7-15-30(35(54)40(58)47-27(2)28-16-10-8-11-17-28)48-38(56)33-24-44(51(6)41(59)32-20-14-23-53(32)44)26-52(33)42(60)36(43(3,4)5)50-39(57)34(29-18-12-9-13-19-29)49-37(55)31-25-45-21-22-46-31/h8,10-11,16-17,21-22,25,27,29-30,32-34,36H,7,9,12-15,18-20,23-24,26H2,1-6H3,(H,47,58)(H,48,56)(H,49,55)(H,50,57)/t27-,30?,32?,33-,34-,36+,44?/m0/s1. The Hall–Kier alpha value is -5.25.